The van der Waals surface area contributed by atoms with Crippen LogP contribution in [0.5, 0.6) is 11.5 Å². The third-order valence-electron chi connectivity index (χ3n) is 4.60. The molecule has 0 unspecified atom stereocenters. The number of benzene rings is 2. The largest absolute Gasteiger partial charge is 0.493 e. The summed E-state index contributed by atoms with van der Waals surface area (Å²) in [5, 5.41) is 3.82. The minimum absolute atomic E-state index is 0.0949. The molecule has 3 rings (SSSR count). The second kappa shape index (κ2) is 8.92. The number of pyridine rings is 1. The van der Waals surface area contributed by atoms with Crippen LogP contribution in [0.2, 0.25) is 0 Å². The van der Waals surface area contributed by atoms with Gasteiger partial charge in [-0.3, -0.25) is 4.79 Å². The molecule has 0 radical (unpaired) electrons. The lowest BCUT2D eigenvalue weighted by Gasteiger charge is -2.17. The number of carbonyl (C=O) groups excluding carboxylic acids is 1. The van der Waals surface area contributed by atoms with Crippen molar-refractivity contribution < 1.29 is 14.3 Å². The molecule has 0 aliphatic carbocycles. The van der Waals surface area contributed by atoms with E-state index in [0.717, 1.165) is 40.0 Å². The number of aromatic nitrogens is 1. The molecule has 29 heavy (non-hydrogen) atoms. The van der Waals surface area contributed by atoms with Crippen LogP contribution in [-0.4, -0.2) is 50.1 Å². The summed E-state index contributed by atoms with van der Waals surface area (Å²) in [6.07, 6.45) is 0. The van der Waals surface area contributed by atoms with Gasteiger partial charge in [-0.25, -0.2) is 4.98 Å². The molecular formula is C23H27N3O3. The monoisotopic (exact) mass is 393 g/mol. The molecule has 0 aliphatic rings. The van der Waals surface area contributed by atoms with E-state index in [4.69, 9.17) is 14.5 Å². The van der Waals surface area contributed by atoms with E-state index in [9.17, 15) is 4.79 Å². The number of para-hydroxylation sites is 1. The third-order valence-corrected chi connectivity index (χ3v) is 4.60. The Bertz CT molecular complexity index is 1030. The summed E-state index contributed by atoms with van der Waals surface area (Å²) in [4.78, 5) is 18.3. The molecule has 0 aliphatic heterocycles. The topological polar surface area (TPSA) is 63.7 Å². The van der Waals surface area contributed by atoms with Gasteiger partial charge in [-0.05, 0) is 63.0 Å². The number of hydrogen-bond donors (Lipinski definition) is 1. The Balaban J connectivity index is 2.04. The van der Waals surface area contributed by atoms with Crippen LogP contribution in [0.15, 0.2) is 42.5 Å². The van der Waals surface area contributed by atoms with Crippen molar-refractivity contribution in [2.45, 2.75) is 13.8 Å². The molecule has 6 heteroatoms. The molecule has 1 heterocycles. The van der Waals surface area contributed by atoms with Gasteiger partial charge in [-0.1, -0.05) is 6.07 Å². The fourth-order valence-corrected chi connectivity index (χ4v) is 3.17. The average Bonchev–Trinajstić information content (AvgIpc) is 2.67. The van der Waals surface area contributed by atoms with Crippen molar-refractivity contribution in [2.24, 2.45) is 0 Å². The van der Waals surface area contributed by atoms with Crippen molar-refractivity contribution in [2.75, 3.05) is 39.7 Å². The molecule has 1 amide bonds. The fourth-order valence-electron chi connectivity index (χ4n) is 3.17. The van der Waals surface area contributed by atoms with Gasteiger partial charge in [0.05, 0.1) is 18.3 Å². The molecule has 3 aromatic rings. The highest BCUT2D eigenvalue weighted by molar-refractivity contribution is 5.94. The Morgan fingerprint density at radius 3 is 2.66 bits per heavy atom. The molecule has 6 nitrogen and oxygen atoms in total. The summed E-state index contributed by atoms with van der Waals surface area (Å²) < 4.78 is 11.6. The Morgan fingerprint density at radius 2 is 1.97 bits per heavy atom. The van der Waals surface area contributed by atoms with Crippen LogP contribution in [0.4, 0.5) is 5.69 Å². The van der Waals surface area contributed by atoms with Gasteiger partial charge >= 0.3 is 0 Å². The van der Waals surface area contributed by atoms with Gasteiger partial charge in [-0.2, -0.15) is 0 Å². The number of anilines is 1. The zero-order valence-corrected chi connectivity index (χ0v) is 17.6. The first-order valence-corrected chi connectivity index (χ1v) is 9.53. The zero-order chi connectivity index (χ0) is 21.0. The van der Waals surface area contributed by atoms with Gasteiger partial charge in [0.1, 0.15) is 6.61 Å². The normalized spacial score (nSPS) is 11.0. The zero-order valence-electron chi connectivity index (χ0n) is 17.6. The van der Waals surface area contributed by atoms with Crippen molar-refractivity contribution in [3.63, 3.8) is 0 Å². The number of methoxy groups -OCH3 is 1. The van der Waals surface area contributed by atoms with Crippen LogP contribution in [0.25, 0.3) is 22.2 Å². The Kier molecular flexibility index (Phi) is 6.34. The maximum Gasteiger partial charge on any atom is 0.221 e. The summed E-state index contributed by atoms with van der Waals surface area (Å²) in [5.74, 6) is 1.28. The van der Waals surface area contributed by atoms with Crippen LogP contribution in [0, 0.1) is 6.92 Å². The molecule has 0 saturated carbocycles. The minimum atomic E-state index is -0.0949. The lowest BCUT2D eigenvalue weighted by Crippen LogP contribution is -2.19. The summed E-state index contributed by atoms with van der Waals surface area (Å²) in [6, 6.07) is 13.6. The lowest BCUT2D eigenvalue weighted by atomic mass is 10.0. The number of nitrogens with zero attached hydrogens (tertiary/aromatic N) is 2. The number of carbonyl (C=O) groups is 1. The van der Waals surface area contributed by atoms with Crippen LogP contribution in [-0.2, 0) is 4.79 Å². The van der Waals surface area contributed by atoms with Gasteiger partial charge in [0.15, 0.2) is 11.5 Å². The second-order valence-corrected chi connectivity index (χ2v) is 7.23. The van der Waals surface area contributed by atoms with E-state index in [1.807, 2.05) is 63.5 Å². The van der Waals surface area contributed by atoms with Gasteiger partial charge in [0.25, 0.3) is 0 Å². The van der Waals surface area contributed by atoms with Crippen LogP contribution in [0.3, 0.4) is 0 Å². The number of likely N-dealkylation sites (N-methyl/N-ethyl adjacent to an activating group) is 1. The number of rotatable bonds is 7. The molecule has 0 bridgehead atoms. The Morgan fingerprint density at radius 1 is 1.17 bits per heavy atom. The summed E-state index contributed by atoms with van der Waals surface area (Å²) >= 11 is 0. The number of ether oxygens (including phenoxy) is 2. The molecule has 0 spiro atoms. The second-order valence-electron chi connectivity index (χ2n) is 7.23. The highest BCUT2D eigenvalue weighted by Gasteiger charge is 2.15. The molecule has 0 saturated heterocycles. The van der Waals surface area contributed by atoms with Crippen molar-refractivity contribution in [3.8, 4) is 22.8 Å². The smallest absolute Gasteiger partial charge is 0.221 e. The van der Waals surface area contributed by atoms with Crippen molar-refractivity contribution in [1.82, 2.24) is 9.88 Å². The summed E-state index contributed by atoms with van der Waals surface area (Å²) in [6.45, 7) is 4.89. The highest BCUT2D eigenvalue weighted by atomic mass is 16.5. The van der Waals surface area contributed by atoms with Gasteiger partial charge in [0.2, 0.25) is 5.91 Å². The first-order valence-electron chi connectivity index (χ1n) is 9.53. The minimum Gasteiger partial charge on any atom is -0.493 e. The Labute approximate surface area is 171 Å². The van der Waals surface area contributed by atoms with Crippen LogP contribution >= 0.6 is 0 Å². The van der Waals surface area contributed by atoms with E-state index < -0.39 is 0 Å². The Hall–Kier alpha value is -3.12. The van der Waals surface area contributed by atoms with E-state index in [2.05, 4.69) is 10.2 Å². The van der Waals surface area contributed by atoms with E-state index in [1.165, 1.54) is 6.92 Å². The molecular weight excluding hydrogens is 366 g/mol. The van der Waals surface area contributed by atoms with E-state index in [0.29, 0.717) is 18.1 Å². The number of nitrogens with one attached hydrogen (secondary N) is 1. The first-order chi connectivity index (χ1) is 13.9. The molecule has 1 aromatic heterocycles. The molecule has 2 aromatic carbocycles. The predicted octanol–water partition coefficient (Wildman–Crippen LogP) is 4.12. The van der Waals surface area contributed by atoms with Crippen molar-refractivity contribution >= 4 is 22.5 Å². The van der Waals surface area contributed by atoms with Gasteiger partial charge < -0.3 is 19.7 Å². The number of amides is 1. The average molecular weight is 393 g/mol. The third kappa shape index (κ3) is 4.84. The van der Waals surface area contributed by atoms with Crippen LogP contribution < -0.4 is 14.8 Å². The summed E-state index contributed by atoms with van der Waals surface area (Å²) in [5.41, 5.74) is 4.40. The van der Waals surface area contributed by atoms with Gasteiger partial charge in [0, 0.05) is 30.1 Å². The number of fused-ring (bicyclic) bond motifs is 1. The standard InChI is InChI=1S/C23H27N3O3/c1-15-13-21(25-20-10-9-17(14-19(15)20)24-16(2)27)18-7-6-8-22(28-5)23(18)29-12-11-26(3)4/h6-10,13-14H,11-12H2,1-5H3,(H,24,27). The van der Waals surface area contributed by atoms with Gasteiger partial charge in [-0.15, -0.1) is 0 Å². The van der Waals surface area contributed by atoms with E-state index in [-0.39, 0.29) is 5.91 Å². The first kappa shape index (κ1) is 20.6. The van der Waals surface area contributed by atoms with E-state index in [1.54, 1.807) is 7.11 Å². The number of aryl methyl sites for hydroxylation is 1. The SMILES string of the molecule is COc1cccc(-c2cc(C)c3cc(NC(C)=O)ccc3n2)c1OCCN(C)C. The lowest BCUT2D eigenvalue weighted by molar-refractivity contribution is -0.114. The van der Waals surface area contributed by atoms with Crippen molar-refractivity contribution in [1.29, 1.82) is 0 Å². The number of hydrogen-bond acceptors (Lipinski definition) is 5. The maximum atomic E-state index is 11.3. The molecule has 0 fully saturated rings. The molecule has 0 atom stereocenters. The molecule has 1 N–H and O–H groups in total. The molecule has 152 valence electrons. The predicted molar refractivity (Wildman–Crippen MR) is 117 cm³/mol. The van der Waals surface area contributed by atoms with E-state index >= 15 is 0 Å². The summed E-state index contributed by atoms with van der Waals surface area (Å²) in [7, 11) is 5.66. The highest BCUT2D eigenvalue weighted by Crippen LogP contribution is 2.38. The fraction of sp³-hybridized carbons (Fsp3) is 0.304. The maximum absolute atomic E-state index is 11.3. The quantitative estimate of drug-likeness (QED) is 0.654. The van der Waals surface area contributed by atoms with Crippen LogP contribution in [0.1, 0.15) is 12.5 Å². The van der Waals surface area contributed by atoms with Crippen molar-refractivity contribution in [3.05, 3.63) is 48.0 Å².